The molecule has 104 valence electrons. The number of fused-ring (bicyclic) bond motifs is 1. The van der Waals surface area contributed by atoms with E-state index in [1.54, 1.807) is 24.5 Å². The predicted octanol–water partition coefficient (Wildman–Crippen LogP) is 3.18. The van der Waals surface area contributed by atoms with Crippen molar-refractivity contribution in [3.8, 4) is 0 Å². The van der Waals surface area contributed by atoms with E-state index in [4.69, 9.17) is 0 Å². The molecular formula is C14H13F2N3S. The Morgan fingerprint density at radius 2 is 2.20 bits per heavy atom. The molecule has 0 amide bonds. The summed E-state index contributed by atoms with van der Waals surface area (Å²) in [4.78, 5) is 5.43. The Morgan fingerprint density at radius 3 is 2.90 bits per heavy atom. The molecule has 2 aromatic heterocycles. The van der Waals surface area contributed by atoms with Crippen molar-refractivity contribution in [2.75, 3.05) is 7.05 Å². The van der Waals surface area contributed by atoms with Crippen LogP contribution in [0, 0.1) is 11.6 Å². The first kappa shape index (κ1) is 13.2. The van der Waals surface area contributed by atoms with Gasteiger partial charge in [0.1, 0.15) is 0 Å². The molecule has 0 saturated carbocycles. The van der Waals surface area contributed by atoms with Crippen LogP contribution in [-0.4, -0.2) is 16.4 Å². The van der Waals surface area contributed by atoms with Crippen LogP contribution in [0.15, 0.2) is 36.0 Å². The van der Waals surface area contributed by atoms with Crippen LogP contribution in [0.2, 0.25) is 0 Å². The third kappa shape index (κ3) is 2.44. The molecule has 3 nitrogen and oxygen atoms in total. The fourth-order valence-electron chi connectivity index (χ4n) is 2.20. The molecule has 1 unspecified atom stereocenters. The summed E-state index contributed by atoms with van der Waals surface area (Å²) in [7, 11) is 1.80. The molecule has 0 radical (unpaired) electrons. The minimum absolute atomic E-state index is 0.102. The summed E-state index contributed by atoms with van der Waals surface area (Å²) in [6, 6.07) is 3.88. The van der Waals surface area contributed by atoms with Crippen LogP contribution in [0.5, 0.6) is 0 Å². The Balaban J connectivity index is 1.85. The van der Waals surface area contributed by atoms with Crippen molar-refractivity contribution in [3.05, 3.63) is 58.9 Å². The quantitative estimate of drug-likeness (QED) is 0.800. The summed E-state index contributed by atoms with van der Waals surface area (Å²) in [5.74, 6) is -1.65. The molecule has 6 heteroatoms. The van der Waals surface area contributed by atoms with Gasteiger partial charge in [0, 0.05) is 30.2 Å². The maximum Gasteiger partial charge on any atom is 0.193 e. The Hall–Kier alpha value is -1.79. The van der Waals surface area contributed by atoms with Gasteiger partial charge < -0.3 is 5.32 Å². The summed E-state index contributed by atoms with van der Waals surface area (Å²) in [5.41, 5.74) is 1.63. The number of halogens is 2. The Bertz CT molecular complexity index is 706. The van der Waals surface area contributed by atoms with E-state index >= 15 is 0 Å². The highest BCUT2D eigenvalue weighted by atomic mass is 32.1. The Labute approximate surface area is 118 Å². The van der Waals surface area contributed by atoms with E-state index in [9.17, 15) is 8.78 Å². The van der Waals surface area contributed by atoms with E-state index in [1.807, 2.05) is 22.2 Å². The van der Waals surface area contributed by atoms with Gasteiger partial charge >= 0.3 is 0 Å². The van der Waals surface area contributed by atoms with E-state index in [2.05, 4.69) is 10.3 Å². The second kappa shape index (κ2) is 5.30. The maximum atomic E-state index is 13.3. The van der Waals surface area contributed by atoms with Gasteiger partial charge in [-0.3, -0.25) is 4.40 Å². The second-order valence-corrected chi connectivity index (χ2v) is 5.42. The number of hydrogen-bond donors (Lipinski definition) is 1. The van der Waals surface area contributed by atoms with Crippen LogP contribution in [0.1, 0.15) is 17.3 Å². The lowest BCUT2D eigenvalue weighted by Gasteiger charge is -2.15. The number of hydrogen-bond acceptors (Lipinski definition) is 3. The van der Waals surface area contributed by atoms with E-state index in [1.165, 1.54) is 6.07 Å². The molecular weight excluding hydrogens is 280 g/mol. The molecule has 0 aliphatic carbocycles. The molecule has 0 bridgehead atoms. The smallest absolute Gasteiger partial charge is 0.193 e. The van der Waals surface area contributed by atoms with Crippen molar-refractivity contribution < 1.29 is 8.78 Å². The normalized spacial score (nSPS) is 12.9. The number of aromatic nitrogens is 2. The van der Waals surface area contributed by atoms with Crippen LogP contribution < -0.4 is 5.32 Å². The topological polar surface area (TPSA) is 29.3 Å². The van der Waals surface area contributed by atoms with Gasteiger partial charge in [-0.25, -0.2) is 13.8 Å². The van der Waals surface area contributed by atoms with Gasteiger partial charge in [0.05, 0.1) is 5.69 Å². The molecule has 1 atom stereocenters. The lowest BCUT2D eigenvalue weighted by Crippen LogP contribution is -2.19. The summed E-state index contributed by atoms with van der Waals surface area (Å²) in [5, 5.41) is 5.08. The van der Waals surface area contributed by atoms with Crippen LogP contribution in [0.3, 0.4) is 0 Å². The summed E-state index contributed by atoms with van der Waals surface area (Å²) in [6.07, 6.45) is 4.52. The van der Waals surface area contributed by atoms with E-state index in [-0.39, 0.29) is 6.04 Å². The highest BCUT2D eigenvalue weighted by Crippen LogP contribution is 2.21. The second-order valence-electron chi connectivity index (χ2n) is 4.54. The Kier molecular flexibility index (Phi) is 3.50. The molecule has 1 N–H and O–H groups in total. The van der Waals surface area contributed by atoms with Crippen LogP contribution in [-0.2, 0) is 6.42 Å². The van der Waals surface area contributed by atoms with Gasteiger partial charge in [-0.2, -0.15) is 0 Å². The fraction of sp³-hybridized carbons (Fsp3) is 0.214. The van der Waals surface area contributed by atoms with Crippen LogP contribution in [0.4, 0.5) is 8.78 Å². The summed E-state index contributed by atoms with van der Waals surface area (Å²) >= 11 is 1.56. The molecule has 0 aliphatic rings. The third-order valence-corrected chi connectivity index (χ3v) is 4.02. The number of thiazole rings is 1. The highest BCUT2D eigenvalue weighted by Gasteiger charge is 2.14. The minimum atomic E-state index is -0.828. The summed E-state index contributed by atoms with van der Waals surface area (Å²) < 4.78 is 28.2. The van der Waals surface area contributed by atoms with Gasteiger partial charge in [-0.05, 0) is 24.7 Å². The highest BCUT2D eigenvalue weighted by molar-refractivity contribution is 7.15. The van der Waals surface area contributed by atoms with E-state index in [0.717, 1.165) is 16.7 Å². The molecule has 3 rings (SSSR count). The zero-order chi connectivity index (χ0) is 14.1. The van der Waals surface area contributed by atoms with Crippen molar-refractivity contribution in [2.24, 2.45) is 0 Å². The van der Waals surface area contributed by atoms with Gasteiger partial charge in [0.15, 0.2) is 16.6 Å². The average Bonchev–Trinajstić information content (AvgIpc) is 3.00. The van der Waals surface area contributed by atoms with Crippen LogP contribution >= 0.6 is 11.3 Å². The first-order chi connectivity index (χ1) is 9.67. The molecule has 1 aromatic carbocycles. The van der Waals surface area contributed by atoms with Crippen molar-refractivity contribution >= 4 is 16.3 Å². The molecule has 0 fully saturated rings. The summed E-state index contributed by atoms with van der Waals surface area (Å²) in [6.45, 7) is 0. The Morgan fingerprint density at radius 1 is 1.35 bits per heavy atom. The van der Waals surface area contributed by atoms with Gasteiger partial charge in [-0.15, -0.1) is 11.3 Å². The largest absolute Gasteiger partial charge is 0.313 e. The average molecular weight is 293 g/mol. The van der Waals surface area contributed by atoms with Gasteiger partial charge in [0.2, 0.25) is 0 Å². The standard InChI is InChI=1S/C14H13F2N3S/c1-17-13(9-2-3-11(15)12(16)6-9)7-10-8-19-4-5-20-14(19)18-10/h2-6,8,13,17H,7H2,1H3. The molecule has 0 spiro atoms. The van der Waals surface area contributed by atoms with Crippen molar-refractivity contribution in [1.82, 2.24) is 14.7 Å². The van der Waals surface area contributed by atoms with Gasteiger partial charge in [0.25, 0.3) is 0 Å². The number of imidazole rings is 1. The monoisotopic (exact) mass is 293 g/mol. The molecule has 20 heavy (non-hydrogen) atoms. The zero-order valence-corrected chi connectivity index (χ0v) is 11.6. The number of nitrogens with zero attached hydrogens (tertiary/aromatic N) is 2. The van der Waals surface area contributed by atoms with Crippen molar-refractivity contribution in [1.29, 1.82) is 0 Å². The minimum Gasteiger partial charge on any atom is -0.313 e. The fourth-order valence-corrected chi connectivity index (χ4v) is 2.92. The number of rotatable bonds is 4. The number of benzene rings is 1. The molecule has 2 heterocycles. The first-order valence-electron chi connectivity index (χ1n) is 6.20. The number of nitrogens with one attached hydrogen (secondary N) is 1. The van der Waals surface area contributed by atoms with E-state index < -0.39 is 11.6 Å². The molecule has 3 aromatic rings. The predicted molar refractivity (Wildman–Crippen MR) is 74.9 cm³/mol. The SMILES string of the molecule is CNC(Cc1cn2ccsc2n1)c1ccc(F)c(F)c1. The lowest BCUT2D eigenvalue weighted by atomic mass is 10.0. The van der Waals surface area contributed by atoms with E-state index in [0.29, 0.717) is 12.0 Å². The number of likely N-dealkylation sites (N-methyl/N-ethyl adjacent to an activating group) is 1. The van der Waals surface area contributed by atoms with Crippen molar-refractivity contribution in [2.45, 2.75) is 12.5 Å². The van der Waals surface area contributed by atoms with Crippen molar-refractivity contribution in [3.63, 3.8) is 0 Å². The lowest BCUT2D eigenvalue weighted by molar-refractivity contribution is 0.500. The molecule has 0 aliphatic heterocycles. The third-order valence-electron chi connectivity index (χ3n) is 3.25. The first-order valence-corrected chi connectivity index (χ1v) is 7.08. The van der Waals surface area contributed by atoms with Gasteiger partial charge in [-0.1, -0.05) is 6.07 Å². The van der Waals surface area contributed by atoms with Crippen LogP contribution in [0.25, 0.3) is 4.96 Å². The zero-order valence-electron chi connectivity index (χ0n) is 10.8. The maximum absolute atomic E-state index is 13.3. The molecule has 0 saturated heterocycles.